The first-order valence-electron chi connectivity index (χ1n) is 7.37. The van der Waals surface area contributed by atoms with Crippen LogP contribution in [-0.4, -0.2) is 46.7 Å². The number of pyridine rings is 1. The van der Waals surface area contributed by atoms with Gasteiger partial charge in [-0.05, 0) is 40.7 Å². The van der Waals surface area contributed by atoms with Crippen LogP contribution in [0.5, 0.6) is 0 Å². The normalized spacial score (nSPS) is 18.4. The van der Waals surface area contributed by atoms with Crippen molar-refractivity contribution in [3.8, 4) is 0 Å². The third-order valence-corrected chi connectivity index (χ3v) is 4.01. The number of nitrogens with zero attached hydrogens (tertiary/aromatic N) is 3. The van der Waals surface area contributed by atoms with Crippen LogP contribution in [0.3, 0.4) is 0 Å². The fourth-order valence-electron chi connectivity index (χ4n) is 2.54. The zero-order valence-electron chi connectivity index (χ0n) is 13.3. The molecule has 1 aromatic rings. The molecule has 0 atom stereocenters. The van der Waals surface area contributed by atoms with E-state index in [0.717, 1.165) is 37.6 Å². The van der Waals surface area contributed by atoms with Gasteiger partial charge in [-0.1, -0.05) is 6.07 Å². The van der Waals surface area contributed by atoms with Gasteiger partial charge in [0.1, 0.15) is 5.82 Å². The fourth-order valence-corrected chi connectivity index (χ4v) is 2.54. The smallest absolute Gasteiger partial charge is 0.128 e. The summed E-state index contributed by atoms with van der Waals surface area (Å²) in [6.07, 6.45) is 1.78. The lowest BCUT2D eigenvalue weighted by atomic mass is 10.0. The Morgan fingerprint density at radius 2 is 1.60 bits per heavy atom. The molecule has 2 rings (SSSR count). The van der Waals surface area contributed by atoms with Crippen LogP contribution < -0.4 is 4.90 Å². The summed E-state index contributed by atoms with van der Waals surface area (Å²) in [5, 5.41) is 9.95. The molecule has 0 unspecified atom stereocenters. The summed E-state index contributed by atoms with van der Waals surface area (Å²) in [5.74, 6) is 1.01. The van der Waals surface area contributed by atoms with Crippen LogP contribution in [0, 0.1) is 0 Å². The highest BCUT2D eigenvalue weighted by Gasteiger charge is 2.26. The number of rotatable bonds is 2. The van der Waals surface area contributed by atoms with Crippen molar-refractivity contribution >= 4 is 5.82 Å². The van der Waals surface area contributed by atoms with Gasteiger partial charge in [0.2, 0.25) is 0 Å². The highest BCUT2D eigenvalue weighted by atomic mass is 16.3. The maximum absolute atomic E-state index is 9.95. The van der Waals surface area contributed by atoms with Gasteiger partial charge in [0, 0.05) is 43.5 Å². The molecule has 4 nitrogen and oxygen atoms in total. The van der Waals surface area contributed by atoms with Crippen molar-refractivity contribution in [3.63, 3.8) is 0 Å². The molecule has 2 heterocycles. The molecule has 112 valence electrons. The topological polar surface area (TPSA) is 39.6 Å². The molecular weight excluding hydrogens is 250 g/mol. The summed E-state index contributed by atoms with van der Waals surface area (Å²) >= 11 is 0. The Labute approximate surface area is 122 Å². The van der Waals surface area contributed by atoms with E-state index < -0.39 is 5.60 Å². The van der Waals surface area contributed by atoms with Gasteiger partial charge in [-0.2, -0.15) is 0 Å². The largest absolute Gasteiger partial charge is 0.386 e. The van der Waals surface area contributed by atoms with Crippen molar-refractivity contribution in [2.75, 3.05) is 31.1 Å². The first-order valence-corrected chi connectivity index (χ1v) is 7.37. The number of aliphatic hydroxyl groups is 1. The van der Waals surface area contributed by atoms with Crippen LogP contribution in [0.1, 0.15) is 40.2 Å². The van der Waals surface area contributed by atoms with Crippen LogP contribution in [0.25, 0.3) is 0 Å². The van der Waals surface area contributed by atoms with Crippen molar-refractivity contribution < 1.29 is 5.11 Å². The summed E-state index contributed by atoms with van der Waals surface area (Å²) in [4.78, 5) is 9.33. The number of aromatic nitrogens is 1. The van der Waals surface area contributed by atoms with E-state index in [-0.39, 0.29) is 5.54 Å². The number of hydrogen-bond acceptors (Lipinski definition) is 4. The molecule has 0 aromatic carbocycles. The maximum Gasteiger partial charge on any atom is 0.128 e. The third-order valence-electron chi connectivity index (χ3n) is 4.01. The third kappa shape index (κ3) is 3.49. The summed E-state index contributed by atoms with van der Waals surface area (Å²) in [6, 6.07) is 3.98. The van der Waals surface area contributed by atoms with E-state index in [2.05, 4.69) is 35.6 Å². The van der Waals surface area contributed by atoms with E-state index in [9.17, 15) is 5.11 Å². The molecular formula is C16H27N3O. The van der Waals surface area contributed by atoms with Crippen molar-refractivity contribution in [2.24, 2.45) is 0 Å². The second-order valence-electron chi connectivity index (χ2n) is 7.11. The zero-order valence-corrected chi connectivity index (χ0v) is 13.3. The lowest BCUT2D eigenvalue weighted by Gasteiger charge is -2.42. The van der Waals surface area contributed by atoms with Gasteiger partial charge in [0.05, 0.1) is 5.60 Å². The summed E-state index contributed by atoms with van der Waals surface area (Å²) in [6.45, 7) is 14.5. The molecule has 1 N–H and O–H groups in total. The highest BCUT2D eigenvalue weighted by Crippen LogP contribution is 2.23. The standard InChI is InChI=1S/C16H27N3O/c1-15(2,3)19-10-8-18(9-11-19)14-7-6-13(12-17-14)16(4,5)20/h6-7,12,20H,8-11H2,1-5H3. The Bertz CT molecular complexity index is 434. The van der Waals surface area contributed by atoms with Crippen molar-refractivity contribution in [2.45, 2.75) is 45.8 Å². The molecule has 4 heteroatoms. The highest BCUT2D eigenvalue weighted by molar-refractivity contribution is 5.40. The Kier molecular flexibility index (Phi) is 4.07. The van der Waals surface area contributed by atoms with E-state index in [1.807, 2.05) is 12.1 Å². The summed E-state index contributed by atoms with van der Waals surface area (Å²) < 4.78 is 0. The predicted molar refractivity (Wildman–Crippen MR) is 83.0 cm³/mol. The molecule has 0 amide bonds. The van der Waals surface area contributed by atoms with Gasteiger partial charge in [-0.15, -0.1) is 0 Å². The van der Waals surface area contributed by atoms with Crippen LogP contribution in [0.15, 0.2) is 18.3 Å². The molecule has 0 spiro atoms. The van der Waals surface area contributed by atoms with Gasteiger partial charge in [0.15, 0.2) is 0 Å². The van der Waals surface area contributed by atoms with Gasteiger partial charge in [0.25, 0.3) is 0 Å². The molecule has 0 saturated carbocycles. The quantitative estimate of drug-likeness (QED) is 0.900. The summed E-state index contributed by atoms with van der Waals surface area (Å²) in [7, 11) is 0. The second kappa shape index (κ2) is 5.34. The first kappa shape index (κ1) is 15.3. The summed E-state index contributed by atoms with van der Waals surface area (Å²) in [5.41, 5.74) is 0.274. The first-order chi connectivity index (χ1) is 9.18. The van der Waals surface area contributed by atoms with Crippen molar-refractivity contribution in [1.29, 1.82) is 0 Å². The number of anilines is 1. The minimum Gasteiger partial charge on any atom is -0.386 e. The molecule has 1 fully saturated rings. The number of piperazine rings is 1. The molecule has 0 aliphatic carbocycles. The van der Waals surface area contributed by atoms with Crippen LogP contribution in [-0.2, 0) is 5.60 Å². The van der Waals surface area contributed by atoms with E-state index in [0.29, 0.717) is 0 Å². The second-order valence-corrected chi connectivity index (χ2v) is 7.11. The Balaban J connectivity index is 2.01. The predicted octanol–water partition coefficient (Wildman–Crippen LogP) is 2.23. The Morgan fingerprint density at radius 1 is 1.00 bits per heavy atom. The molecule has 1 aliphatic heterocycles. The lowest BCUT2D eigenvalue weighted by Crippen LogP contribution is -2.53. The molecule has 1 aliphatic rings. The van der Waals surface area contributed by atoms with E-state index in [1.54, 1.807) is 20.0 Å². The van der Waals surface area contributed by atoms with Crippen LogP contribution in [0.2, 0.25) is 0 Å². The van der Waals surface area contributed by atoms with Gasteiger partial charge >= 0.3 is 0 Å². The Morgan fingerprint density at radius 3 is 2.00 bits per heavy atom. The van der Waals surface area contributed by atoms with Crippen molar-refractivity contribution in [3.05, 3.63) is 23.9 Å². The minimum absolute atomic E-state index is 0.240. The van der Waals surface area contributed by atoms with Gasteiger partial charge in [-0.3, -0.25) is 4.90 Å². The molecule has 1 aromatic heterocycles. The average molecular weight is 277 g/mol. The molecule has 0 bridgehead atoms. The maximum atomic E-state index is 9.95. The Hall–Kier alpha value is -1.13. The van der Waals surface area contributed by atoms with Gasteiger partial charge < -0.3 is 10.0 Å². The fraction of sp³-hybridized carbons (Fsp3) is 0.688. The SMILES string of the molecule is CC(C)(O)c1ccc(N2CCN(C(C)(C)C)CC2)nc1. The lowest BCUT2D eigenvalue weighted by molar-refractivity contribution is 0.0782. The van der Waals surface area contributed by atoms with E-state index >= 15 is 0 Å². The van der Waals surface area contributed by atoms with E-state index in [1.165, 1.54) is 0 Å². The number of hydrogen-bond donors (Lipinski definition) is 1. The molecule has 1 saturated heterocycles. The van der Waals surface area contributed by atoms with Crippen LogP contribution >= 0.6 is 0 Å². The molecule has 20 heavy (non-hydrogen) atoms. The van der Waals surface area contributed by atoms with Gasteiger partial charge in [-0.25, -0.2) is 4.98 Å². The van der Waals surface area contributed by atoms with E-state index in [4.69, 9.17) is 0 Å². The zero-order chi connectivity index (χ0) is 15.0. The van der Waals surface area contributed by atoms with Crippen molar-refractivity contribution in [1.82, 2.24) is 9.88 Å². The molecule has 0 radical (unpaired) electrons. The average Bonchev–Trinajstić information content (AvgIpc) is 2.37. The monoisotopic (exact) mass is 277 g/mol. The van der Waals surface area contributed by atoms with Crippen LogP contribution in [0.4, 0.5) is 5.82 Å². The minimum atomic E-state index is -0.823.